The molecule has 9 aliphatic carbocycles. The second kappa shape index (κ2) is 47.3. The van der Waals surface area contributed by atoms with Gasteiger partial charge in [-0.3, -0.25) is 38.4 Å². The van der Waals surface area contributed by atoms with Crippen LogP contribution in [0.5, 0.6) is 0 Å². The Balaban J connectivity index is 0.000000999. The monoisotopic (exact) mass is 1430 g/mol. The third-order valence-electron chi connectivity index (χ3n) is 20.1. The van der Waals surface area contributed by atoms with Crippen molar-refractivity contribution in [2.75, 3.05) is 26.4 Å². The number of ether oxygens (including phenoxy) is 9. The van der Waals surface area contributed by atoms with Crippen LogP contribution in [-0.4, -0.2) is 111 Å². The molecule has 10 heterocycles. The predicted molar refractivity (Wildman–Crippen MR) is 343 cm³/mol. The maximum Gasteiger partial charge on any atom is 1.00 e. The maximum atomic E-state index is 11.2. The van der Waals surface area contributed by atoms with Crippen molar-refractivity contribution in [1.29, 1.82) is 0 Å². The molecule has 19 rings (SSSR count). The summed E-state index contributed by atoms with van der Waals surface area (Å²) in [5.41, 5.74) is 0. The van der Waals surface area contributed by atoms with E-state index >= 15 is 0 Å². The molecule has 20 unspecified atom stereocenters. The molecule has 9 saturated carbocycles. The summed E-state index contributed by atoms with van der Waals surface area (Å²) in [6.07, 6.45) is 29.0. The van der Waals surface area contributed by atoms with Gasteiger partial charge in [0.05, 0.1) is 68.0 Å². The van der Waals surface area contributed by atoms with Gasteiger partial charge in [0.1, 0.15) is 30.5 Å². The Hall–Kier alpha value is -0.670. The van der Waals surface area contributed by atoms with Gasteiger partial charge in [0.2, 0.25) is 0 Å². The van der Waals surface area contributed by atoms with Gasteiger partial charge >= 0.3 is 164 Å². The fraction of sp³-hybridized carbons (Fsp3) is 0.875. The largest absolute Gasteiger partial charge is 1.00 e. The molecule has 0 amide bonds. The van der Waals surface area contributed by atoms with E-state index in [0.717, 1.165) is 108 Å². The van der Waals surface area contributed by atoms with Crippen LogP contribution in [0.4, 0.5) is 0 Å². The van der Waals surface area contributed by atoms with Crippen molar-refractivity contribution in [2.24, 2.45) is 82.9 Å². The number of hydrogen-bond acceptors (Lipinski definition) is 17. The number of carbonyl (C=O) groups is 8. The van der Waals surface area contributed by atoms with E-state index in [9.17, 15) is 38.4 Å². The summed E-state index contributed by atoms with van der Waals surface area (Å²) in [5.74, 6) is 7.40. The van der Waals surface area contributed by atoms with Crippen LogP contribution in [0.2, 0.25) is 0 Å². The molecule has 10 saturated heterocycles. The molecule has 19 heteroatoms. The number of cyclic esters (lactones) is 4. The predicted octanol–water partition coefficient (Wildman–Crippen LogP) is 8.84. The third kappa shape index (κ3) is 24.3. The summed E-state index contributed by atoms with van der Waals surface area (Å²) in [6, 6.07) is 0. The van der Waals surface area contributed by atoms with Crippen molar-refractivity contribution in [3.63, 3.8) is 0 Å². The molecule has 17 nitrogen and oxygen atoms in total. The Labute approximate surface area is 649 Å². The first-order valence-electron chi connectivity index (χ1n) is 36.0. The maximum absolute atomic E-state index is 11.2. The summed E-state index contributed by atoms with van der Waals surface area (Å²) in [4.78, 5) is 86.6. The van der Waals surface area contributed by atoms with Gasteiger partial charge in [0.15, 0.2) is 0 Å². The molecule has 0 aromatic carbocycles. The van der Waals surface area contributed by atoms with Gasteiger partial charge in [-0.2, -0.15) is 0 Å². The average molecular weight is 1430 g/mol. The SMILES string of the molecule is CC.CC.CC.CC.CC.CC.CC.O=C1CCCCO1.O=C1CCCO1.O=C1OC2CC3CC1C2C3.O=C1OC2CC3CC1C2O3.O=C1OC2CC3CCC2C1C3.O=C1OC2CCCC1C2.O=C1OCC2C3CCC(C3)C12.O=C1OCC2CCCCC12.[CH3-].[H-].[Rb+].[Rb+]. The van der Waals surface area contributed by atoms with Gasteiger partial charge in [0.25, 0.3) is 0 Å². The van der Waals surface area contributed by atoms with E-state index in [2.05, 4.69) is 9.47 Å². The van der Waals surface area contributed by atoms with E-state index in [1.807, 2.05) is 96.9 Å². The molecular formula is C72H124O17Rb2. The Morgan fingerprint density at radius 3 is 1.37 bits per heavy atom. The minimum absolute atomic E-state index is 0. The minimum Gasteiger partial charge on any atom is -1.00 e. The standard InChI is InChI=1S/2C9H12O2.C8H10O2.C8H12O2.C7H8O3.C7H10O2.C5H8O2.C4H6O2.7C2H6.CH3.2Rb.H/c10-9-8-6-2-1-5(3-6)7(8)4-11-9;10-9-7-3-5-1-2-6(7)8(4-5)11-9;9-8-6-2-4-1-5(6)7(3-4)10-8;9-8-7-4-2-1-3-6(7)5-10-8;8-7-4-1-3-2-5(10-7)6(4)9-3;8-7-5-2-1-3-6(4-5)9-7;6-5-3-1-2-4-7-5;5-4-2-1-3-6-4;7*1-2;;;;/h2*5-8H,1-4H2;4-7H,1-3H2;6-7H,1-5H2;3-6H,1-2H2;5-6H,1-4H2;1-4H2;1-3H2;7*1-2H3;1H3;;;/q;;;;;;;;;;;;;;;-1;2*+1;-1. The van der Waals surface area contributed by atoms with E-state index in [1.165, 1.54) is 64.2 Å². The molecule has 20 atom stereocenters. The fourth-order valence-corrected chi connectivity index (χ4v) is 16.4. The Kier molecular flexibility index (Phi) is 46.0. The van der Waals surface area contributed by atoms with Gasteiger partial charge in [-0.25, -0.2) is 0 Å². The van der Waals surface area contributed by atoms with Crippen molar-refractivity contribution in [1.82, 2.24) is 0 Å². The van der Waals surface area contributed by atoms with E-state index in [4.69, 9.17) is 33.2 Å². The second-order valence-corrected chi connectivity index (χ2v) is 24.6. The van der Waals surface area contributed by atoms with Gasteiger partial charge in [0, 0.05) is 42.9 Å². The number of carbonyl (C=O) groups excluding carboxylic acids is 8. The molecule has 12 bridgehead atoms. The summed E-state index contributed by atoms with van der Waals surface area (Å²) in [7, 11) is 0. The molecule has 91 heavy (non-hydrogen) atoms. The molecule has 0 aromatic heterocycles. The Bertz CT molecular complexity index is 2090. The average Bonchev–Trinajstić information content (AvgIpc) is 1.63. The third-order valence-corrected chi connectivity index (χ3v) is 20.1. The van der Waals surface area contributed by atoms with Crippen LogP contribution in [0.15, 0.2) is 0 Å². The van der Waals surface area contributed by atoms with Crippen molar-refractivity contribution in [3.8, 4) is 0 Å². The van der Waals surface area contributed by atoms with Crippen LogP contribution in [-0.2, 0) is 81.0 Å². The van der Waals surface area contributed by atoms with Crippen LogP contribution in [0.25, 0.3) is 0 Å². The second-order valence-electron chi connectivity index (χ2n) is 24.6. The number of fused-ring (bicyclic) bond motifs is 11. The van der Waals surface area contributed by atoms with Crippen LogP contribution in [0.3, 0.4) is 0 Å². The van der Waals surface area contributed by atoms with E-state index in [0.29, 0.717) is 98.3 Å². The summed E-state index contributed by atoms with van der Waals surface area (Å²) >= 11 is 0. The van der Waals surface area contributed by atoms with Gasteiger partial charge in [-0.1, -0.05) is 110 Å². The molecule has 0 radical (unpaired) electrons. The first-order valence-corrected chi connectivity index (χ1v) is 36.0. The quantitative estimate of drug-likeness (QED) is 0.126. The van der Waals surface area contributed by atoms with Crippen LogP contribution in [0, 0.1) is 90.3 Å². The number of esters is 8. The van der Waals surface area contributed by atoms with Crippen molar-refractivity contribution in [3.05, 3.63) is 7.43 Å². The van der Waals surface area contributed by atoms with Gasteiger partial charge < -0.3 is 51.5 Å². The summed E-state index contributed by atoms with van der Waals surface area (Å²) < 4.78 is 45.3. The van der Waals surface area contributed by atoms with E-state index < -0.39 is 0 Å². The van der Waals surface area contributed by atoms with Gasteiger partial charge in [-0.15, -0.1) is 0 Å². The fourth-order valence-electron chi connectivity index (χ4n) is 16.4. The molecular weight excluding hydrogens is 1310 g/mol. The zero-order valence-electron chi connectivity index (χ0n) is 61.0. The first-order chi connectivity index (χ1) is 42.9. The number of hydrogen-bond donors (Lipinski definition) is 0. The normalized spacial score (nSPS) is 36.9. The molecule has 19 aliphatic rings. The summed E-state index contributed by atoms with van der Waals surface area (Å²) in [6.45, 7) is 30.7. The van der Waals surface area contributed by atoms with Crippen molar-refractivity contribution in [2.45, 2.75) is 294 Å². The van der Waals surface area contributed by atoms with Crippen molar-refractivity contribution >= 4 is 47.8 Å². The molecule has 516 valence electrons. The Morgan fingerprint density at radius 1 is 0.341 bits per heavy atom. The van der Waals surface area contributed by atoms with E-state index in [1.54, 1.807) is 0 Å². The van der Waals surface area contributed by atoms with Gasteiger partial charge in [-0.05, 0) is 152 Å². The van der Waals surface area contributed by atoms with Crippen molar-refractivity contribution < 1.29 is 199 Å². The first kappa shape index (κ1) is 88.3. The molecule has 10 aliphatic heterocycles. The molecule has 0 spiro atoms. The summed E-state index contributed by atoms with van der Waals surface area (Å²) in [5, 5.41) is 0. The van der Waals surface area contributed by atoms with Crippen LogP contribution in [0.1, 0.15) is 259 Å². The zero-order valence-corrected chi connectivity index (χ0v) is 69.8. The van der Waals surface area contributed by atoms with Crippen LogP contribution >= 0.6 is 0 Å². The molecule has 0 aromatic rings. The van der Waals surface area contributed by atoms with E-state index in [-0.39, 0.29) is 209 Å². The zero-order chi connectivity index (χ0) is 65.0. The number of rotatable bonds is 0. The topological polar surface area (TPSA) is 220 Å². The van der Waals surface area contributed by atoms with Crippen LogP contribution < -0.4 is 116 Å². The smallest absolute Gasteiger partial charge is 1.00 e. The Morgan fingerprint density at radius 2 is 0.901 bits per heavy atom. The molecule has 0 N–H and O–H groups in total. The molecule has 19 fully saturated rings. The minimum atomic E-state index is -0.0463.